The minimum absolute atomic E-state index is 0.0195. The predicted octanol–water partition coefficient (Wildman–Crippen LogP) is 1.22. The van der Waals surface area contributed by atoms with Gasteiger partial charge in [0.25, 0.3) is 0 Å². The molecule has 0 aromatic heterocycles. The lowest BCUT2D eigenvalue weighted by atomic mass is 10.1. The topological polar surface area (TPSA) is 90.9 Å². The molecule has 0 heterocycles. The normalized spacial score (nSPS) is 13.6. The van der Waals surface area contributed by atoms with Crippen molar-refractivity contribution in [2.24, 2.45) is 0 Å². The highest BCUT2D eigenvalue weighted by molar-refractivity contribution is 5.93. The van der Waals surface area contributed by atoms with Gasteiger partial charge in [-0.1, -0.05) is 18.2 Å². The van der Waals surface area contributed by atoms with Crippen molar-refractivity contribution in [2.75, 3.05) is 44.8 Å². The van der Waals surface area contributed by atoms with E-state index in [9.17, 15) is 9.59 Å². The quantitative estimate of drug-likeness (QED) is 0.477. The van der Waals surface area contributed by atoms with E-state index >= 15 is 0 Å². The second-order valence-electron chi connectivity index (χ2n) is 6.95. The molecule has 1 fully saturated rings. The number of hydrogen-bond acceptors (Lipinski definition) is 5. The molecule has 0 bridgehead atoms. The fraction of sp³-hybridized carbons (Fsp3) is 0.600. The van der Waals surface area contributed by atoms with Gasteiger partial charge in [-0.2, -0.15) is 0 Å². The number of nitrogens with one attached hydrogen (secondary N) is 2. The molecule has 7 heteroatoms. The van der Waals surface area contributed by atoms with E-state index in [-0.39, 0.29) is 25.0 Å². The van der Waals surface area contributed by atoms with Crippen molar-refractivity contribution in [3.8, 4) is 0 Å². The zero-order chi connectivity index (χ0) is 19.6. The van der Waals surface area contributed by atoms with Gasteiger partial charge < -0.3 is 20.5 Å². The number of anilines is 1. The van der Waals surface area contributed by atoms with Crippen LogP contribution in [0, 0.1) is 13.8 Å². The van der Waals surface area contributed by atoms with Crippen molar-refractivity contribution < 1.29 is 19.4 Å². The lowest BCUT2D eigenvalue weighted by molar-refractivity contribution is -0.122. The fourth-order valence-corrected chi connectivity index (χ4v) is 2.97. The highest BCUT2D eigenvalue weighted by atomic mass is 16.5. The van der Waals surface area contributed by atoms with Gasteiger partial charge in [0.05, 0.1) is 26.4 Å². The van der Waals surface area contributed by atoms with Gasteiger partial charge in [-0.25, -0.2) is 0 Å². The SMILES string of the molecule is Cc1cccc(C)c1NC(=O)CN(CCC(=O)NCCOCCO)C1CC1. The van der Waals surface area contributed by atoms with Crippen LogP contribution >= 0.6 is 0 Å². The Bertz CT molecular complexity index is 611. The third-order valence-corrected chi connectivity index (χ3v) is 4.59. The molecule has 0 saturated heterocycles. The van der Waals surface area contributed by atoms with E-state index in [1.54, 1.807) is 0 Å². The third kappa shape index (κ3) is 7.66. The molecule has 1 aliphatic carbocycles. The summed E-state index contributed by atoms with van der Waals surface area (Å²) in [5, 5.41) is 14.4. The van der Waals surface area contributed by atoms with Gasteiger partial charge in [0, 0.05) is 31.2 Å². The van der Waals surface area contributed by atoms with Gasteiger partial charge in [-0.3, -0.25) is 14.5 Å². The summed E-state index contributed by atoms with van der Waals surface area (Å²) in [5.41, 5.74) is 2.96. The number of rotatable bonds is 12. The van der Waals surface area contributed by atoms with E-state index in [0.717, 1.165) is 29.7 Å². The van der Waals surface area contributed by atoms with Crippen molar-refractivity contribution in [1.82, 2.24) is 10.2 Å². The Kier molecular flexibility index (Phi) is 8.71. The lowest BCUT2D eigenvalue weighted by Gasteiger charge is -2.22. The first-order valence-electron chi connectivity index (χ1n) is 9.56. The smallest absolute Gasteiger partial charge is 0.238 e. The highest BCUT2D eigenvalue weighted by Crippen LogP contribution is 2.27. The van der Waals surface area contributed by atoms with Crippen LogP contribution in [0.1, 0.15) is 30.4 Å². The van der Waals surface area contributed by atoms with E-state index in [0.29, 0.717) is 38.7 Å². The van der Waals surface area contributed by atoms with Gasteiger partial charge >= 0.3 is 0 Å². The van der Waals surface area contributed by atoms with Crippen LogP contribution in [0.3, 0.4) is 0 Å². The molecule has 150 valence electrons. The number of aryl methyl sites for hydroxylation is 2. The minimum Gasteiger partial charge on any atom is -0.394 e. The first kappa shape index (κ1) is 21.3. The lowest BCUT2D eigenvalue weighted by Crippen LogP contribution is -2.38. The molecular formula is C20H31N3O4. The number of carbonyl (C=O) groups is 2. The Morgan fingerprint density at radius 1 is 1.19 bits per heavy atom. The minimum atomic E-state index is -0.0524. The standard InChI is InChI=1S/C20H31N3O4/c1-15-4-3-5-16(2)20(15)22-19(26)14-23(17-6-7-17)10-8-18(25)21-9-12-27-13-11-24/h3-5,17,24H,6-14H2,1-2H3,(H,21,25)(H,22,26). The Morgan fingerprint density at radius 2 is 1.89 bits per heavy atom. The maximum Gasteiger partial charge on any atom is 0.238 e. The van der Waals surface area contributed by atoms with E-state index in [1.807, 2.05) is 32.0 Å². The Hall–Kier alpha value is -1.96. The molecule has 0 aliphatic heterocycles. The molecule has 2 rings (SSSR count). The summed E-state index contributed by atoms with van der Waals surface area (Å²) in [4.78, 5) is 26.5. The van der Waals surface area contributed by atoms with Crippen molar-refractivity contribution in [3.05, 3.63) is 29.3 Å². The largest absolute Gasteiger partial charge is 0.394 e. The molecule has 0 atom stereocenters. The number of amides is 2. The Balaban J connectivity index is 1.75. The molecule has 1 saturated carbocycles. The van der Waals surface area contributed by atoms with Crippen LogP contribution in [0.15, 0.2) is 18.2 Å². The molecular weight excluding hydrogens is 346 g/mol. The number of aliphatic hydroxyl groups excluding tert-OH is 1. The van der Waals surface area contributed by atoms with Gasteiger partial charge in [-0.05, 0) is 37.8 Å². The van der Waals surface area contributed by atoms with Crippen molar-refractivity contribution in [2.45, 2.75) is 39.2 Å². The molecule has 1 aliphatic rings. The van der Waals surface area contributed by atoms with Gasteiger partial charge in [0.2, 0.25) is 11.8 Å². The van der Waals surface area contributed by atoms with E-state index < -0.39 is 0 Å². The number of nitrogens with zero attached hydrogens (tertiary/aromatic N) is 1. The molecule has 2 amide bonds. The second kappa shape index (κ2) is 11.0. The third-order valence-electron chi connectivity index (χ3n) is 4.59. The van der Waals surface area contributed by atoms with Crippen LogP contribution in [0.4, 0.5) is 5.69 Å². The average molecular weight is 377 g/mol. The van der Waals surface area contributed by atoms with E-state index in [2.05, 4.69) is 15.5 Å². The number of ether oxygens (including phenoxy) is 1. The van der Waals surface area contributed by atoms with E-state index in [1.165, 1.54) is 0 Å². The summed E-state index contributed by atoms with van der Waals surface area (Å²) in [6, 6.07) is 6.34. The number of para-hydroxylation sites is 1. The first-order valence-corrected chi connectivity index (χ1v) is 9.56. The zero-order valence-corrected chi connectivity index (χ0v) is 16.3. The number of carbonyl (C=O) groups excluding carboxylic acids is 2. The molecule has 0 unspecified atom stereocenters. The maximum atomic E-state index is 12.5. The number of benzene rings is 1. The molecule has 1 aromatic rings. The summed E-state index contributed by atoms with van der Waals surface area (Å²) in [5.74, 6) is -0.0967. The predicted molar refractivity (Wildman–Crippen MR) is 105 cm³/mol. The molecule has 27 heavy (non-hydrogen) atoms. The summed E-state index contributed by atoms with van der Waals surface area (Å²) < 4.78 is 5.11. The summed E-state index contributed by atoms with van der Waals surface area (Å²) >= 11 is 0. The Labute approximate surface area is 161 Å². The molecule has 0 radical (unpaired) electrons. The molecule has 7 nitrogen and oxygen atoms in total. The number of hydrogen-bond donors (Lipinski definition) is 3. The fourth-order valence-electron chi connectivity index (χ4n) is 2.97. The van der Waals surface area contributed by atoms with Crippen LogP contribution in [0.25, 0.3) is 0 Å². The van der Waals surface area contributed by atoms with Gasteiger partial charge in [-0.15, -0.1) is 0 Å². The molecule has 0 spiro atoms. The molecule has 1 aromatic carbocycles. The van der Waals surface area contributed by atoms with Crippen molar-refractivity contribution in [1.29, 1.82) is 0 Å². The van der Waals surface area contributed by atoms with E-state index in [4.69, 9.17) is 9.84 Å². The summed E-state index contributed by atoms with van der Waals surface area (Å²) in [6.45, 7) is 5.90. The van der Waals surface area contributed by atoms with Crippen LogP contribution < -0.4 is 10.6 Å². The summed E-state index contributed by atoms with van der Waals surface area (Å²) in [7, 11) is 0. The highest BCUT2D eigenvalue weighted by Gasteiger charge is 2.30. The maximum absolute atomic E-state index is 12.5. The molecule has 3 N–H and O–H groups in total. The number of aliphatic hydroxyl groups is 1. The van der Waals surface area contributed by atoms with Crippen LogP contribution in [-0.4, -0.2) is 67.3 Å². The van der Waals surface area contributed by atoms with Crippen LogP contribution in [-0.2, 0) is 14.3 Å². The van der Waals surface area contributed by atoms with Crippen molar-refractivity contribution in [3.63, 3.8) is 0 Å². The zero-order valence-electron chi connectivity index (χ0n) is 16.3. The first-order chi connectivity index (χ1) is 13.0. The second-order valence-corrected chi connectivity index (χ2v) is 6.95. The van der Waals surface area contributed by atoms with Crippen LogP contribution in [0.5, 0.6) is 0 Å². The van der Waals surface area contributed by atoms with Gasteiger partial charge in [0.1, 0.15) is 0 Å². The summed E-state index contributed by atoms with van der Waals surface area (Å²) in [6.07, 6.45) is 2.51. The van der Waals surface area contributed by atoms with Gasteiger partial charge in [0.15, 0.2) is 0 Å². The van der Waals surface area contributed by atoms with Crippen molar-refractivity contribution >= 4 is 17.5 Å². The monoisotopic (exact) mass is 377 g/mol. The van der Waals surface area contributed by atoms with Crippen LogP contribution in [0.2, 0.25) is 0 Å². The Morgan fingerprint density at radius 3 is 2.52 bits per heavy atom. The average Bonchev–Trinajstić information content (AvgIpc) is 3.47.